The van der Waals surface area contributed by atoms with Crippen molar-refractivity contribution in [3.05, 3.63) is 83.3 Å². The lowest BCUT2D eigenvalue weighted by Gasteiger charge is -2.25. The average Bonchev–Trinajstić information content (AvgIpc) is 3.07. The SMILES string of the molecule is CC(C)(Cc1ccccc1)c1cnnc2c(-c3ccc(Cl)cc3)cnn12. The molecule has 0 aliphatic carbocycles. The molecule has 2 aromatic carbocycles. The quantitative estimate of drug-likeness (QED) is 0.515. The largest absolute Gasteiger partial charge is 0.215 e. The highest BCUT2D eigenvalue weighted by Gasteiger charge is 2.26. The summed E-state index contributed by atoms with van der Waals surface area (Å²) >= 11 is 6.00. The van der Waals surface area contributed by atoms with Crippen LogP contribution in [0.3, 0.4) is 0 Å². The summed E-state index contributed by atoms with van der Waals surface area (Å²) in [4.78, 5) is 0. The van der Waals surface area contributed by atoms with E-state index in [0.717, 1.165) is 28.9 Å². The first-order valence-corrected chi connectivity index (χ1v) is 8.92. The van der Waals surface area contributed by atoms with E-state index in [9.17, 15) is 0 Å². The van der Waals surface area contributed by atoms with Crippen LogP contribution < -0.4 is 0 Å². The molecule has 2 heterocycles. The second-order valence-electron chi connectivity index (χ2n) is 7.08. The molecule has 0 radical (unpaired) electrons. The summed E-state index contributed by atoms with van der Waals surface area (Å²) in [5.41, 5.74) is 4.91. The summed E-state index contributed by atoms with van der Waals surface area (Å²) in [5, 5.41) is 13.9. The van der Waals surface area contributed by atoms with E-state index in [1.54, 1.807) is 0 Å². The minimum absolute atomic E-state index is 0.140. The van der Waals surface area contributed by atoms with Crippen molar-refractivity contribution in [2.75, 3.05) is 0 Å². The third-order valence-electron chi connectivity index (χ3n) is 4.64. The van der Waals surface area contributed by atoms with Gasteiger partial charge < -0.3 is 0 Å². The lowest BCUT2D eigenvalue weighted by molar-refractivity contribution is 0.485. The smallest absolute Gasteiger partial charge is 0.185 e. The van der Waals surface area contributed by atoms with Crippen molar-refractivity contribution in [3.8, 4) is 11.1 Å². The Balaban J connectivity index is 1.78. The molecule has 0 bridgehead atoms. The van der Waals surface area contributed by atoms with Gasteiger partial charge in [-0.15, -0.1) is 5.10 Å². The van der Waals surface area contributed by atoms with Crippen LogP contribution in [0.15, 0.2) is 67.0 Å². The molecule has 0 amide bonds. The van der Waals surface area contributed by atoms with Gasteiger partial charge in [-0.25, -0.2) is 4.52 Å². The van der Waals surface area contributed by atoms with E-state index in [-0.39, 0.29) is 5.41 Å². The number of rotatable bonds is 4. The number of aromatic nitrogens is 4. The van der Waals surface area contributed by atoms with E-state index < -0.39 is 0 Å². The molecule has 2 aromatic heterocycles. The van der Waals surface area contributed by atoms with Gasteiger partial charge in [0.2, 0.25) is 0 Å². The van der Waals surface area contributed by atoms with Crippen molar-refractivity contribution in [2.24, 2.45) is 0 Å². The number of hydrogen-bond acceptors (Lipinski definition) is 3. The van der Waals surface area contributed by atoms with Gasteiger partial charge in [0.05, 0.1) is 18.1 Å². The van der Waals surface area contributed by atoms with Gasteiger partial charge >= 0.3 is 0 Å². The summed E-state index contributed by atoms with van der Waals surface area (Å²) in [5.74, 6) is 0. The molecule has 0 unspecified atom stereocenters. The Labute approximate surface area is 157 Å². The highest BCUT2D eigenvalue weighted by Crippen LogP contribution is 2.30. The van der Waals surface area contributed by atoms with Gasteiger partial charge in [0, 0.05) is 16.0 Å². The second-order valence-corrected chi connectivity index (χ2v) is 7.51. The van der Waals surface area contributed by atoms with E-state index in [1.807, 2.05) is 47.2 Å². The Kier molecular flexibility index (Phi) is 4.21. The molecule has 0 fully saturated rings. The Morgan fingerprint density at radius 3 is 2.42 bits per heavy atom. The molecule has 26 heavy (non-hydrogen) atoms. The molecule has 130 valence electrons. The fraction of sp³-hybridized carbons (Fsp3) is 0.190. The summed E-state index contributed by atoms with van der Waals surface area (Å²) in [6, 6.07) is 18.2. The zero-order valence-corrected chi connectivity index (χ0v) is 15.5. The van der Waals surface area contributed by atoms with Crippen molar-refractivity contribution in [3.63, 3.8) is 0 Å². The van der Waals surface area contributed by atoms with Gasteiger partial charge in [-0.2, -0.15) is 10.2 Å². The fourth-order valence-electron chi connectivity index (χ4n) is 3.30. The molecule has 0 saturated carbocycles. The van der Waals surface area contributed by atoms with E-state index in [1.165, 1.54) is 5.56 Å². The number of benzene rings is 2. The molecule has 0 N–H and O–H groups in total. The molecule has 0 aliphatic heterocycles. The number of halogens is 1. The topological polar surface area (TPSA) is 43.1 Å². The highest BCUT2D eigenvalue weighted by molar-refractivity contribution is 6.30. The minimum Gasteiger partial charge on any atom is -0.215 e. The molecule has 4 aromatic rings. The van der Waals surface area contributed by atoms with Gasteiger partial charge in [0.25, 0.3) is 0 Å². The average molecular weight is 363 g/mol. The van der Waals surface area contributed by atoms with E-state index in [0.29, 0.717) is 5.02 Å². The van der Waals surface area contributed by atoms with Crippen LogP contribution in [0.4, 0.5) is 0 Å². The van der Waals surface area contributed by atoms with E-state index >= 15 is 0 Å². The van der Waals surface area contributed by atoms with Crippen molar-refractivity contribution in [1.29, 1.82) is 0 Å². The monoisotopic (exact) mass is 362 g/mol. The molecular weight excluding hydrogens is 344 g/mol. The highest BCUT2D eigenvalue weighted by atomic mass is 35.5. The van der Waals surface area contributed by atoms with Crippen molar-refractivity contribution in [1.82, 2.24) is 19.8 Å². The first-order chi connectivity index (χ1) is 12.5. The first-order valence-electron chi connectivity index (χ1n) is 8.54. The van der Waals surface area contributed by atoms with Gasteiger partial charge in [-0.05, 0) is 29.7 Å². The molecule has 4 nitrogen and oxygen atoms in total. The Morgan fingerprint density at radius 2 is 1.69 bits per heavy atom. The Bertz CT molecular complexity index is 1040. The maximum atomic E-state index is 6.00. The van der Waals surface area contributed by atoms with Crippen LogP contribution >= 0.6 is 11.6 Å². The van der Waals surface area contributed by atoms with Crippen LogP contribution in [0.2, 0.25) is 5.02 Å². The maximum Gasteiger partial charge on any atom is 0.185 e. The van der Waals surface area contributed by atoms with Crippen LogP contribution in [-0.2, 0) is 11.8 Å². The van der Waals surface area contributed by atoms with Gasteiger partial charge in [-0.1, -0.05) is 67.9 Å². The summed E-state index contributed by atoms with van der Waals surface area (Å²) in [7, 11) is 0. The molecule has 0 saturated heterocycles. The zero-order valence-electron chi connectivity index (χ0n) is 14.7. The number of hydrogen-bond donors (Lipinski definition) is 0. The standard InChI is InChI=1S/C21H19ClN4/c1-21(2,12-15-6-4-3-5-7-15)19-14-23-25-20-18(13-24-26(19)20)16-8-10-17(22)11-9-16/h3-11,13-14H,12H2,1-2H3. The lowest BCUT2D eigenvalue weighted by atomic mass is 9.83. The molecular formula is C21H19ClN4. The van der Waals surface area contributed by atoms with Crippen molar-refractivity contribution < 1.29 is 0 Å². The van der Waals surface area contributed by atoms with Crippen LogP contribution in [0.25, 0.3) is 16.8 Å². The molecule has 0 aliphatic rings. The Morgan fingerprint density at radius 1 is 0.962 bits per heavy atom. The zero-order chi connectivity index (χ0) is 18.1. The first kappa shape index (κ1) is 16.7. The predicted octanol–water partition coefficient (Wildman–Crippen LogP) is 4.97. The van der Waals surface area contributed by atoms with Gasteiger partial charge in [-0.3, -0.25) is 0 Å². The normalized spacial score (nSPS) is 11.8. The molecule has 0 atom stereocenters. The van der Waals surface area contributed by atoms with E-state index in [4.69, 9.17) is 11.6 Å². The lowest BCUT2D eigenvalue weighted by Crippen LogP contribution is -2.25. The van der Waals surface area contributed by atoms with Crippen LogP contribution in [0.1, 0.15) is 25.1 Å². The van der Waals surface area contributed by atoms with E-state index in [2.05, 4.69) is 53.4 Å². The number of fused-ring (bicyclic) bond motifs is 1. The summed E-state index contributed by atoms with van der Waals surface area (Å²) < 4.78 is 1.90. The van der Waals surface area contributed by atoms with Crippen LogP contribution in [0.5, 0.6) is 0 Å². The minimum atomic E-state index is -0.140. The maximum absolute atomic E-state index is 6.00. The summed E-state index contributed by atoms with van der Waals surface area (Å²) in [6.45, 7) is 4.42. The molecule has 5 heteroatoms. The molecule has 0 spiro atoms. The molecule has 4 rings (SSSR count). The van der Waals surface area contributed by atoms with Crippen molar-refractivity contribution >= 4 is 17.2 Å². The van der Waals surface area contributed by atoms with Crippen LogP contribution in [-0.4, -0.2) is 19.8 Å². The Hall–Kier alpha value is -2.72. The predicted molar refractivity (Wildman–Crippen MR) is 104 cm³/mol. The fourth-order valence-corrected chi connectivity index (χ4v) is 3.42. The third kappa shape index (κ3) is 3.08. The third-order valence-corrected chi connectivity index (χ3v) is 4.89. The van der Waals surface area contributed by atoms with Crippen LogP contribution in [0, 0.1) is 0 Å². The number of nitrogens with zero attached hydrogens (tertiary/aromatic N) is 4. The van der Waals surface area contributed by atoms with Gasteiger partial charge in [0.1, 0.15) is 0 Å². The van der Waals surface area contributed by atoms with Crippen molar-refractivity contribution in [2.45, 2.75) is 25.7 Å². The summed E-state index contributed by atoms with van der Waals surface area (Å²) in [6.07, 6.45) is 4.55. The van der Waals surface area contributed by atoms with Gasteiger partial charge in [0.15, 0.2) is 5.65 Å². The second kappa shape index (κ2) is 6.54.